The number of hydrogen-bond acceptors (Lipinski definition) is 6. The monoisotopic (exact) mass is 644 g/mol. The summed E-state index contributed by atoms with van der Waals surface area (Å²) in [6, 6.07) is 24.1. The lowest BCUT2D eigenvalue weighted by Crippen LogP contribution is -2.55. The van der Waals surface area contributed by atoms with Crippen LogP contribution in [0, 0.1) is 5.92 Å². The molecule has 0 spiro atoms. The Balaban J connectivity index is 1.51. The van der Waals surface area contributed by atoms with Crippen LogP contribution in [-0.4, -0.2) is 69.9 Å². The summed E-state index contributed by atoms with van der Waals surface area (Å²) in [7, 11) is 0.977. The van der Waals surface area contributed by atoms with Gasteiger partial charge in [0.25, 0.3) is 0 Å². The second-order valence-electron chi connectivity index (χ2n) is 13.1. The van der Waals surface area contributed by atoms with E-state index in [4.69, 9.17) is 14.2 Å². The van der Waals surface area contributed by atoms with E-state index in [1.165, 1.54) is 5.19 Å². The average molecular weight is 645 g/mol. The molecule has 1 unspecified atom stereocenters. The summed E-state index contributed by atoms with van der Waals surface area (Å²) in [6.45, 7) is 8.05. The van der Waals surface area contributed by atoms with Gasteiger partial charge in [-0.15, -0.1) is 0 Å². The molecular weight excluding hydrogens is 597 g/mol. The Morgan fingerprint density at radius 2 is 1.80 bits per heavy atom. The lowest BCUT2D eigenvalue weighted by molar-refractivity contribution is -0.133. The van der Waals surface area contributed by atoms with E-state index in [0.717, 1.165) is 41.2 Å². The zero-order valence-electron chi connectivity index (χ0n) is 27.8. The molecule has 1 fully saturated rings. The molecule has 0 radical (unpaired) electrons. The van der Waals surface area contributed by atoms with Crippen LogP contribution < -0.4 is 19.6 Å². The highest BCUT2D eigenvalue weighted by Gasteiger charge is 2.48. The summed E-state index contributed by atoms with van der Waals surface area (Å²) in [5.41, 5.74) is 2.71. The minimum atomic E-state index is -2.41. The Hall–Kier alpha value is -3.66. The van der Waals surface area contributed by atoms with Crippen molar-refractivity contribution in [3.8, 4) is 11.5 Å². The van der Waals surface area contributed by atoms with Gasteiger partial charge in [-0.2, -0.15) is 0 Å². The number of hydrogen-bond donors (Lipinski definition) is 1. The van der Waals surface area contributed by atoms with Crippen LogP contribution in [0.4, 0.5) is 5.69 Å². The van der Waals surface area contributed by atoms with Gasteiger partial charge in [0.2, 0.25) is 11.8 Å². The van der Waals surface area contributed by atoms with Crippen LogP contribution in [0.15, 0.2) is 72.8 Å². The standard InChI is InChI=1S/C37H48N2O6Si/c1-26-36(44-3)31-23-28(39-20-10-9-13-34(39)41)14-19-32(31)45-37(26)33(46(4,5)30-17-15-29(43-2)16-18-30)24-35(42)38(21-22-40)25-27-11-7-6-8-12-27/h6-8,11-12,14-19,23,26,33,36-37,40H,9-10,13,20-22,24-25H2,1-5H3/t26-,33?,36-,37-/m1/s1. The fourth-order valence-electron chi connectivity index (χ4n) is 7.16. The van der Waals surface area contributed by atoms with Gasteiger partial charge in [-0.25, -0.2) is 0 Å². The summed E-state index contributed by atoms with van der Waals surface area (Å²) in [5, 5.41) is 11.1. The Bertz CT molecular complexity index is 1480. The van der Waals surface area contributed by atoms with Crippen LogP contribution >= 0.6 is 0 Å². The molecule has 3 aromatic carbocycles. The molecule has 1 N–H and O–H groups in total. The third-order valence-electron chi connectivity index (χ3n) is 9.94. The molecule has 246 valence electrons. The van der Waals surface area contributed by atoms with Crippen molar-refractivity contribution >= 4 is 30.8 Å². The van der Waals surface area contributed by atoms with Crippen molar-refractivity contribution in [3.05, 3.63) is 83.9 Å². The summed E-state index contributed by atoms with van der Waals surface area (Å²) in [5.74, 6) is 1.59. The SMILES string of the molecule is COc1ccc([Si](C)(C)C(CC(=O)N(CCO)Cc2ccccc2)[C@@H]2Oc3ccc(N4CCCCC4=O)cc3[C@H](OC)[C@H]2C)cc1. The number of rotatable bonds is 12. The van der Waals surface area contributed by atoms with Crippen molar-refractivity contribution < 1.29 is 28.9 Å². The maximum absolute atomic E-state index is 14.2. The topological polar surface area (TPSA) is 88.5 Å². The van der Waals surface area contributed by atoms with Gasteiger partial charge in [-0.3, -0.25) is 9.59 Å². The van der Waals surface area contributed by atoms with E-state index >= 15 is 0 Å². The van der Waals surface area contributed by atoms with Crippen molar-refractivity contribution in [2.24, 2.45) is 5.92 Å². The molecule has 8 nitrogen and oxygen atoms in total. The first-order chi connectivity index (χ1) is 22.2. The minimum Gasteiger partial charge on any atom is -0.497 e. The summed E-state index contributed by atoms with van der Waals surface area (Å²) < 4.78 is 18.6. The molecule has 1 saturated heterocycles. The number of piperidine rings is 1. The average Bonchev–Trinajstić information content (AvgIpc) is 3.07. The fourth-order valence-corrected chi connectivity index (χ4v) is 10.5. The molecule has 0 aliphatic carbocycles. The van der Waals surface area contributed by atoms with Crippen LogP contribution in [0.1, 0.15) is 49.8 Å². The summed E-state index contributed by atoms with van der Waals surface area (Å²) in [6.07, 6.45) is 2.18. The normalized spacial score (nSPS) is 20.4. The van der Waals surface area contributed by atoms with Crippen molar-refractivity contribution in [2.45, 2.75) is 70.0 Å². The first-order valence-corrected chi connectivity index (χ1v) is 19.5. The molecule has 2 heterocycles. The fraction of sp³-hybridized carbons (Fsp3) is 0.459. The molecule has 9 heteroatoms. The van der Waals surface area contributed by atoms with Gasteiger partial charge >= 0.3 is 0 Å². The first kappa shape index (κ1) is 33.7. The number of aliphatic hydroxyl groups is 1. The second-order valence-corrected chi connectivity index (χ2v) is 17.9. The van der Waals surface area contributed by atoms with Crippen molar-refractivity contribution in [2.75, 3.05) is 38.8 Å². The van der Waals surface area contributed by atoms with Gasteiger partial charge in [0.1, 0.15) is 17.6 Å². The Morgan fingerprint density at radius 3 is 2.46 bits per heavy atom. The molecule has 5 rings (SSSR count). The van der Waals surface area contributed by atoms with Gasteiger partial charge in [0.05, 0.1) is 27.9 Å². The van der Waals surface area contributed by atoms with E-state index < -0.39 is 8.07 Å². The number of anilines is 1. The molecule has 3 aromatic rings. The molecule has 0 bridgehead atoms. The largest absolute Gasteiger partial charge is 0.497 e. The van der Waals surface area contributed by atoms with Crippen LogP contribution in [0.5, 0.6) is 11.5 Å². The van der Waals surface area contributed by atoms with Crippen molar-refractivity contribution in [3.63, 3.8) is 0 Å². The van der Waals surface area contributed by atoms with Gasteiger partial charge < -0.3 is 29.1 Å². The van der Waals surface area contributed by atoms with Crippen LogP contribution in [0.2, 0.25) is 18.6 Å². The Labute approximate surface area is 274 Å². The van der Waals surface area contributed by atoms with E-state index in [-0.39, 0.29) is 55.1 Å². The van der Waals surface area contributed by atoms with Gasteiger partial charge in [0.15, 0.2) is 0 Å². The lowest BCUT2D eigenvalue weighted by Gasteiger charge is -2.46. The molecule has 0 saturated carbocycles. The molecule has 2 aliphatic rings. The van der Waals surface area contributed by atoms with Crippen LogP contribution in [0.25, 0.3) is 0 Å². The molecule has 4 atom stereocenters. The lowest BCUT2D eigenvalue weighted by atomic mass is 9.86. The highest BCUT2D eigenvalue weighted by atomic mass is 28.3. The van der Waals surface area contributed by atoms with E-state index in [1.807, 2.05) is 59.5 Å². The van der Waals surface area contributed by atoms with E-state index in [0.29, 0.717) is 19.5 Å². The smallest absolute Gasteiger partial charge is 0.226 e. The highest BCUT2D eigenvalue weighted by molar-refractivity contribution is 6.91. The molecule has 2 aliphatic heterocycles. The molecule has 46 heavy (non-hydrogen) atoms. The number of amides is 2. The van der Waals surface area contributed by atoms with Gasteiger partial charge in [0, 0.05) is 62.3 Å². The van der Waals surface area contributed by atoms with Gasteiger partial charge in [-0.1, -0.05) is 67.7 Å². The summed E-state index contributed by atoms with van der Waals surface area (Å²) in [4.78, 5) is 30.6. The number of ether oxygens (including phenoxy) is 3. The number of fused-ring (bicyclic) bond motifs is 1. The number of carbonyl (C=O) groups excluding carboxylic acids is 2. The van der Waals surface area contributed by atoms with Crippen molar-refractivity contribution in [1.29, 1.82) is 0 Å². The predicted octanol–water partition coefficient (Wildman–Crippen LogP) is 5.69. The predicted molar refractivity (Wildman–Crippen MR) is 183 cm³/mol. The quantitative estimate of drug-likeness (QED) is 0.255. The molecule has 2 amide bonds. The summed E-state index contributed by atoms with van der Waals surface area (Å²) >= 11 is 0. The maximum Gasteiger partial charge on any atom is 0.226 e. The number of aliphatic hydroxyl groups excluding tert-OH is 1. The van der Waals surface area contributed by atoms with Crippen LogP contribution in [0.3, 0.4) is 0 Å². The second kappa shape index (κ2) is 14.8. The maximum atomic E-state index is 14.2. The zero-order chi connectivity index (χ0) is 32.8. The van der Waals surface area contributed by atoms with E-state index in [9.17, 15) is 14.7 Å². The van der Waals surface area contributed by atoms with E-state index in [2.05, 4.69) is 38.2 Å². The Kier molecular flexibility index (Phi) is 10.9. The molecular formula is C37H48N2O6Si. The Morgan fingerprint density at radius 1 is 1.07 bits per heavy atom. The number of benzene rings is 3. The third kappa shape index (κ3) is 7.16. The van der Waals surface area contributed by atoms with Gasteiger partial charge in [-0.05, 0) is 48.7 Å². The number of nitrogens with zero attached hydrogens (tertiary/aromatic N) is 2. The van der Waals surface area contributed by atoms with Crippen LogP contribution in [-0.2, 0) is 20.9 Å². The first-order valence-electron chi connectivity index (χ1n) is 16.4. The number of methoxy groups -OCH3 is 2. The number of carbonyl (C=O) groups is 2. The van der Waals surface area contributed by atoms with E-state index in [1.54, 1.807) is 19.1 Å². The minimum absolute atomic E-state index is 0.00786. The third-order valence-corrected chi connectivity index (χ3v) is 14.1. The molecule has 0 aromatic heterocycles. The van der Waals surface area contributed by atoms with Crippen molar-refractivity contribution in [1.82, 2.24) is 4.90 Å². The highest BCUT2D eigenvalue weighted by Crippen LogP contribution is 2.48. The zero-order valence-corrected chi connectivity index (χ0v) is 28.8.